The highest BCUT2D eigenvalue weighted by atomic mass is 15.2. The van der Waals surface area contributed by atoms with Crippen LogP contribution in [0.1, 0.15) is 17.0 Å². The van der Waals surface area contributed by atoms with Crippen LogP contribution < -0.4 is 5.32 Å². The second kappa shape index (κ2) is 6.27. The van der Waals surface area contributed by atoms with Gasteiger partial charge in [-0.1, -0.05) is 0 Å². The molecule has 0 atom stereocenters. The Morgan fingerprint density at radius 2 is 1.87 bits per heavy atom. The van der Waals surface area contributed by atoms with Crippen LogP contribution in [0.4, 0.5) is 11.6 Å². The second-order valence-electron chi connectivity index (χ2n) is 5.11. The van der Waals surface area contributed by atoms with Crippen LogP contribution in [-0.2, 0) is 0 Å². The third-order valence-corrected chi connectivity index (χ3v) is 3.35. The number of nitrogens with zero attached hydrogens (tertiary/aromatic N) is 4. The molecule has 3 aromatic heterocycles. The number of nitrogens with one attached hydrogen (secondary N) is 3. The van der Waals surface area contributed by atoms with Gasteiger partial charge in [-0.2, -0.15) is 5.10 Å². The molecule has 0 fully saturated rings. The molecular weight excluding hydrogens is 290 g/mol. The van der Waals surface area contributed by atoms with Gasteiger partial charge in [0.25, 0.3) is 0 Å². The monoisotopic (exact) mass is 305 g/mol. The molecule has 0 saturated heterocycles. The Morgan fingerprint density at radius 3 is 2.61 bits per heavy atom. The summed E-state index contributed by atoms with van der Waals surface area (Å²) in [6.45, 7) is 1.94. The quantitative estimate of drug-likeness (QED) is 0.627. The molecule has 3 aromatic rings. The number of hydrogen-bond donors (Lipinski definition) is 3. The molecule has 0 spiro atoms. The van der Waals surface area contributed by atoms with Crippen LogP contribution in [-0.4, -0.2) is 32.6 Å². The normalized spacial score (nSPS) is 11.9. The van der Waals surface area contributed by atoms with Crippen molar-refractivity contribution in [1.82, 2.24) is 20.2 Å². The number of aromatic nitrogens is 4. The smallest absolute Gasteiger partial charge is 0.154 e. The molecule has 114 valence electrons. The molecule has 3 N–H and O–H groups in total. The highest BCUT2D eigenvalue weighted by molar-refractivity contribution is 5.89. The first-order valence-electron chi connectivity index (χ1n) is 7.04. The van der Waals surface area contributed by atoms with Crippen LogP contribution in [0.15, 0.2) is 36.7 Å². The molecule has 0 aliphatic rings. The van der Waals surface area contributed by atoms with Gasteiger partial charge in [-0.15, -0.1) is 5.10 Å². The Kier molecular flexibility index (Phi) is 4.01. The molecule has 0 bridgehead atoms. The molecule has 0 aliphatic carbocycles. The van der Waals surface area contributed by atoms with E-state index in [2.05, 4.69) is 25.5 Å². The Bertz CT molecular complexity index is 867. The fraction of sp³-hybridized carbons (Fsp3) is 0.125. The van der Waals surface area contributed by atoms with E-state index >= 15 is 0 Å². The molecule has 7 nitrogen and oxygen atoms in total. The zero-order valence-corrected chi connectivity index (χ0v) is 12.5. The van der Waals surface area contributed by atoms with Crippen molar-refractivity contribution in [2.75, 3.05) is 5.32 Å². The molecule has 23 heavy (non-hydrogen) atoms. The summed E-state index contributed by atoms with van der Waals surface area (Å²) in [4.78, 5) is 8.86. The number of pyridine rings is 2. The average Bonchev–Trinajstić information content (AvgIpc) is 2.56. The molecule has 0 saturated carbocycles. The number of hydrogen-bond acceptors (Lipinski definition) is 7. The minimum Gasteiger partial charge on any atom is -0.323 e. The van der Waals surface area contributed by atoms with E-state index in [-0.39, 0.29) is 5.92 Å². The van der Waals surface area contributed by atoms with Gasteiger partial charge in [0.1, 0.15) is 5.82 Å². The molecule has 0 amide bonds. The lowest BCUT2D eigenvalue weighted by atomic mass is 10.0. The van der Waals surface area contributed by atoms with Crippen LogP contribution in [0.25, 0.3) is 11.0 Å². The lowest BCUT2D eigenvalue weighted by molar-refractivity contribution is 1.02. The summed E-state index contributed by atoms with van der Waals surface area (Å²) in [7, 11) is 0. The molecule has 0 aromatic carbocycles. The highest BCUT2D eigenvalue weighted by Crippen LogP contribution is 2.20. The number of aryl methyl sites for hydroxylation is 1. The van der Waals surface area contributed by atoms with Crippen molar-refractivity contribution in [1.29, 1.82) is 10.8 Å². The molecule has 3 heterocycles. The Hall–Kier alpha value is -3.22. The van der Waals surface area contributed by atoms with Crippen LogP contribution in [0.3, 0.4) is 0 Å². The van der Waals surface area contributed by atoms with Gasteiger partial charge in [0.05, 0.1) is 23.1 Å². The summed E-state index contributed by atoms with van der Waals surface area (Å²) in [5.41, 5.74) is 3.22. The first kappa shape index (κ1) is 14.7. The average molecular weight is 305 g/mol. The van der Waals surface area contributed by atoms with Gasteiger partial charge in [0, 0.05) is 18.6 Å². The summed E-state index contributed by atoms with van der Waals surface area (Å²) in [5.74, 6) is 0.878. The molecule has 3 rings (SSSR count). The Morgan fingerprint density at radius 1 is 1.04 bits per heavy atom. The first-order valence-corrected chi connectivity index (χ1v) is 7.04. The van der Waals surface area contributed by atoms with Gasteiger partial charge >= 0.3 is 0 Å². The molecule has 7 heteroatoms. The lowest BCUT2D eigenvalue weighted by Crippen LogP contribution is -2.02. The van der Waals surface area contributed by atoms with Crippen LogP contribution >= 0.6 is 0 Å². The summed E-state index contributed by atoms with van der Waals surface area (Å²) in [5, 5.41) is 25.8. The summed E-state index contributed by atoms with van der Waals surface area (Å²) >= 11 is 0. The van der Waals surface area contributed by atoms with E-state index in [4.69, 9.17) is 10.8 Å². The topological polar surface area (TPSA) is 111 Å². The number of rotatable bonds is 5. The van der Waals surface area contributed by atoms with Gasteiger partial charge in [-0.05, 0) is 42.3 Å². The molecule has 0 radical (unpaired) electrons. The van der Waals surface area contributed by atoms with Crippen LogP contribution in [0.5, 0.6) is 0 Å². The fourth-order valence-corrected chi connectivity index (χ4v) is 2.17. The largest absolute Gasteiger partial charge is 0.323 e. The third-order valence-electron chi connectivity index (χ3n) is 3.35. The minimum atomic E-state index is -0.382. The van der Waals surface area contributed by atoms with Gasteiger partial charge in [0.15, 0.2) is 5.82 Å². The van der Waals surface area contributed by atoms with E-state index < -0.39 is 0 Å². The van der Waals surface area contributed by atoms with Crippen molar-refractivity contribution in [3.63, 3.8) is 0 Å². The summed E-state index contributed by atoms with van der Waals surface area (Å²) in [6.07, 6.45) is 5.77. The molecule has 0 unspecified atom stereocenters. The predicted molar refractivity (Wildman–Crippen MR) is 89.9 cm³/mol. The lowest BCUT2D eigenvalue weighted by Gasteiger charge is -2.08. The zero-order valence-electron chi connectivity index (χ0n) is 12.5. The maximum Gasteiger partial charge on any atom is 0.154 e. The van der Waals surface area contributed by atoms with Crippen molar-refractivity contribution in [3.05, 3.63) is 47.8 Å². The van der Waals surface area contributed by atoms with Crippen molar-refractivity contribution in [2.24, 2.45) is 0 Å². The third kappa shape index (κ3) is 3.18. The summed E-state index contributed by atoms with van der Waals surface area (Å²) < 4.78 is 0. The van der Waals surface area contributed by atoms with E-state index in [1.54, 1.807) is 12.4 Å². The number of fused-ring (bicyclic) bond motifs is 1. The van der Waals surface area contributed by atoms with Crippen LogP contribution in [0, 0.1) is 17.7 Å². The summed E-state index contributed by atoms with van der Waals surface area (Å²) in [6, 6.07) is 7.41. The highest BCUT2D eigenvalue weighted by Gasteiger charge is 2.08. The van der Waals surface area contributed by atoms with Gasteiger partial charge in [-0.3, -0.25) is 4.98 Å². The SMILES string of the molecule is Cc1cnnc(Nc2ccc3ncc(C(C=N)C=N)cc3n2)c1. The maximum atomic E-state index is 7.36. The van der Waals surface area contributed by atoms with Crippen molar-refractivity contribution in [2.45, 2.75) is 12.8 Å². The van der Waals surface area contributed by atoms with E-state index in [0.717, 1.165) is 16.6 Å². The molecule has 0 aliphatic heterocycles. The van der Waals surface area contributed by atoms with Crippen LogP contribution in [0.2, 0.25) is 0 Å². The zero-order chi connectivity index (χ0) is 16.2. The molecular formula is C16H15N7. The van der Waals surface area contributed by atoms with E-state index in [1.165, 1.54) is 12.4 Å². The standard InChI is InChI=1S/C16H15N7/c1-10-4-16(23-20-8-10)22-15-3-2-13-14(21-15)5-11(9-19-13)12(6-17)7-18/h2-9,12,17-18H,1H3,(H,21,22,23). The predicted octanol–water partition coefficient (Wildman–Crippen LogP) is 2.85. The van der Waals surface area contributed by atoms with E-state index in [1.807, 2.05) is 31.2 Å². The Balaban J connectivity index is 1.96. The van der Waals surface area contributed by atoms with Gasteiger partial charge in [-0.25, -0.2) is 4.98 Å². The fourth-order valence-electron chi connectivity index (χ4n) is 2.17. The van der Waals surface area contributed by atoms with Crippen molar-refractivity contribution in [3.8, 4) is 0 Å². The van der Waals surface area contributed by atoms with Gasteiger partial charge < -0.3 is 16.1 Å². The minimum absolute atomic E-state index is 0.382. The van der Waals surface area contributed by atoms with E-state index in [0.29, 0.717) is 17.2 Å². The first-order chi connectivity index (χ1) is 11.2. The van der Waals surface area contributed by atoms with E-state index in [9.17, 15) is 0 Å². The van der Waals surface area contributed by atoms with Crippen molar-refractivity contribution >= 4 is 35.1 Å². The van der Waals surface area contributed by atoms with Gasteiger partial charge in [0.2, 0.25) is 0 Å². The Labute approximate surface area is 132 Å². The van der Waals surface area contributed by atoms with Crippen molar-refractivity contribution < 1.29 is 0 Å². The maximum absolute atomic E-state index is 7.36. The second-order valence-corrected chi connectivity index (χ2v) is 5.11. The number of anilines is 2.